The summed E-state index contributed by atoms with van der Waals surface area (Å²) in [7, 11) is 0. The third-order valence-corrected chi connectivity index (χ3v) is 2.64. The summed E-state index contributed by atoms with van der Waals surface area (Å²) in [4.78, 5) is 3.64. The zero-order valence-corrected chi connectivity index (χ0v) is 9.70. The molecule has 4 N–H and O–H groups in total. The molecule has 1 atom stereocenters. The Kier molecular flexibility index (Phi) is 2.79. The molecule has 0 fully saturated rings. The molecule has 0 saturated carbocycles. The number of nitrogens with zero attached hydrogens (tertiary/aromatic N) is 1. The molecule has 0 amide bonds. The summed E-state index contributed by atoms with van der Waals surface area (Å²) in [5.41, 5.74) is 6.46. The van der Waals surface area contributed by atoms with Gasteiger partial charge in [-0.25, -0.2) is 9.38 Å². The highest BCUT2D eigenvalue weighted by Gasteiger charge is 2.25. The molecule has 1 aliphatic heterocycles. The molecule has 0 bridgehead atoms. The molecule has 2 rings (SSSR count). The summed E-state index contributed by atoms with van der Waals surface area (Å²) in [6.45, 7) is 0. The number of halogens is 2. The van der Waals surface area contributed by atoms with Gasteiger partial charge in [0, 0.05) is 11.8 Å². The molecule has 4 nitrogen and oxygen atoms in total. The Balaban J connectivity index is 2.44. The number of hydrogen-bond donors (Lipinski definition) is 3. The lowest BCUT2D eigenvalue weighted by atomic mass is 10.1. The Bertz CT molecular complexity index is 485. The molecule has 0 spiro atoms. The molecule has 1 heterocycles. The van der Waals surface area contributed by atoms with Crippen LogP contribution in [0.3, 0.4) is 0 Å². The van der Waals surface area contributed by atoms with Gasteiger partial charge in [0.1, 0.15) is 5.82 Å². The predicted octanol–water partition coefficient (Wildman–Crippen LogP) is 1.13. The number of rotatable bonds is 1. The van der Waals surface area contributed by atoms with Crippen LogP contribution in [0.5, 0.6) is 0 Å². The van der Waals surface area contributed by atoms with Crippen LogP contribution in [0.1, 0.15) is 5.56 Å². The van der Waals surface area contributed by atoms with Gasteiger partial charge >= 0.3 is 0 Å². The molecule has 1 aliphatic rings. The minimum Gasteiger partial charge on any atom is -0.340 e. The lowest BCUT2D eigenvalue weighted by Crippen LogP contribution is -2.52. The first-order chi connectivity index (χ1) is 7.48. The molecule has 0 radical (unpaired) electrons. The van der Waals surface area contributed by atoms with Crippen molar-refractivity contribution in [3.8, 4) is 0 Å². The number of nitrogens with two attached hydrogens (primary N) is 1. The maximum absolute atomic E-state index is 13.0. The Labute approximate surface area is 99.8 Å². The zero-order valence-electron chi connectivity index (χ0n) is 8.11. The molecular weight excluding hydrogens is 277 g/mol. The monoisotopic (exact) mass is 285 g/mol. The topological polar surface area (TPSA) is 70.6 Å². The first kappa shape index (κ1) is 11.3. The Morgan fingerprint density at radius 3 is 2.94 bits per heavy atom. The normalized spacial score (nSPS) is 24.5. The molecule has 84 valence electrons. The van der Waals surface area contributed by atoms with Crippen LogP contribution in [-0.2, 0) is 0 Å². The minimum absolute atomic E-state index is 0.366. The van der Waals surface area contributed by atoms with Gasteiger partial charge in [0.05, 0.1) is 10.2 Å². The number of allylic oxidation sites excluding steroid dienone is 1. The average molecular weight is 286 g/mol. The summed E-state index contributed by atoms with van der Waals surface area (Å²) in [6.07, 6.45) is 1.37. The third-order valence-electron chi connectivity index (χ3n) is 2.04. The Morgan fingerprint density at radius 2 is 2.25 bits per heavy atom. The van der Waals surface area contributed by atoms with Gasteiger partial charge in [-0.05, 0) is 28.1 Å². The first-order valence-electron chi connectivity index (χ1n) is 4.48. The predicted molar refractivity (Wildman–Crippen MR) is 63.0 cm³/mol. The van der Waals surface area contributed by atoms with Crippen molar-refractivity contribution in [2.75, 3.05) is 0 Å². The standard InChI is InChI=1S/C10H9BrFN3O/c11-8-5-14-10(13,16)15-9(8)6-2-1-3-7(12)4-6/h1-5,15-16H,13H2. The first-order valence-corrected chi connectivity index (χ1v) is 5.28. The molecule has 1 unspecified atom stereocenters. The highest BCUT2D eigenvalue weighted by atomic mass is 79.9. The average Bonchev–Trinajstić information content (AvgIpc) is 2.22. The molecule has 0 saturated heterocycles. The maximum Gasteiger partial charge on any atom is 0.295 e. The van der Waals surface area contributed by atoms with Gasteiger partial charge in [0.2, 0.25) is 0 Å². The number of nitrogens with one attached hydrogen (secondary N) is 1. The number of hydrogen-bond acceptors (Lipinski definition) is 4. The molecule has 16 heavy (non-hydrogen) atoms. The SMILES string of the molecule is NC1(O)N=CC(Br)=C(c2cccc(F)c2)N1. The quantitative estimate of drug-likeness (QED) is 0.678. The van der Waals surface area contributed by atoms with E-state index in [1.165, 1.54) is 18.3 Å². The Morgan fingerprint density at radius 1 is 1.50 bits per heavy atom. The van der Waals surface area contributed by atoms with Crippen molar-refractivity contribution < 1.29 is 9.50 Å². The summed E-state index contributed by atoms with van der Waals surface area (Å²) >= 11 is 3.25. The second-order valence-electron chi connectivity index (χ2n) is 3.34. The molecule has 0 aromatic heterocycles. The van der Waals surface area contributed by atoms with Crippen molar-refractivity contribution in [1.29, 1.82) is 0 Å². The van der Waals surface area contributed by atoms with Crippen molar-refractivity contribution in [2.24, 2.45) is 10.7 Å². The van der Waals surface area contributed by atoms with Crippen molar-refractivity contribution in [3.05, 3.63) is 40.1 Å². The molecule has 1 aromatic carbocycles. The van der Waals surface area contributed by atoms with E-state index in [9.17, 15) is 9.50 Å². The van der Waals surface area contributed by atoms with E-state index in [1.807, 2.05) is 0 Å². The van der Waals surface area contributed by atoms with Crippen LogP contribution in [0, 0.1) is 5.82 Å². The molecule has 0 aliphatic carbocycles. The fraction of sp³-hybridized carbons (Fsp3) is 0.100. The van der Waals surface area contributed by atoms with E-state index in [0.717, 1.165) is 0 Å². The van der Waals surface area contributed by atoms with E-state index < -0.39 is 5.97 Å². The van der Waals surface area contributed by atoms with E-state index in [2.05, 4.69) is 26.2 Å². The van der Waals surface area contributed by atoms with Crippen LogP contribution in [0.2, 0.25) is 0 Å². The lowest BCUT2D eigenvalue weighted by Gasteiger charge is -2.26. The van der Waals surface area contributed by atoms with E-state index >= 15 is 0 Å². The smallest absolute Gasteiger partial charge is 0.295 e. The van der Waals surface area contributed by atoms with Gasteiger partial charge in [0.15, 0.2) is 0 Å². The highest BCUT2D eigenvalue weighted by Crippen LogP contribution is 2.24. The van der Waals surface area contributed by atoms with Gasteiger partial charge in [-0.15, -0.1) is 0 Å². The largest absolute Gasteiger partial charge is 0.340 e. The number of aliphatic imine (C=N–C) groups is 1. The van der Waals surface area contributed by atoms with E-state index in [-0.39, 0.29) is 5.82 Å². The minimum atomic E-state index is -1.86. The second-order valence-corrected chi connectivity index (χ2v) is 4.20. The van der Waals surface area contributed by atoms with Gasteiger partial charge in [-0.3, -0.25) is 5.73 Å². The van der Waals surface area contributed by atoms with E-state index in [1.54, 1.807) is 12.1 Å². The highest BCUT2D eigenvalue weighted by molar-refractivity contribution is 9.12. The molecule has 6 heteroatoms. The van der Waals surface area contributed by atoms with Gasteiger partial charge in [0.25, 0.3) is 5.97 Å². The van der Waals surface area contributed by atoms with Crippen LogP contribution in [0.25, 0.3) is 5.70 Å². The van der Waals surface area contributed by atoms with Crippen molar-refractivity contribution >= 4 is 27.8 Å². The van der Waals surface area contributed by atoms with Crippen LogP contribution in [-0.4, -0.2) is 17.3 Å². The van der Waals surface area contributed by atoms with Crippen molar-refractivity contribution in [3.63, 3.8) is 0 Å². The fourth-order valence-electron chi connectivity index (χ4n) is 1.35. The molecule has 1 aromatic rings. The van der Waals surface area contributed by atoms with Crippen molar-refractivity contribution in [1.82, 2.24) is 5.32 Å². The van der Waals surface area contributed by atoms with Crippen LogP contribution in [0.15, 0.2) is 33.7 Å². The van der Waals surface area contributed by atoms with Gasteiger partial charge in [-0.2, -0.15) is 0 Å². The zero-order chi connectivity index (χ0) is 11.8. The van der Waals surface area contributed by atoms with Crippen LogP contribution >= 0.6 is 15.9 Å². The number of aliphatic hydroxyl groups is 1. The van der Waals surface area contributed by atoms with E-state index in [0.29, 0.717) is 15.7 Å². The lowest BCUT2D eigenvalue weighted by molar-refractivity contribution is 0.0376. The maximum atomic E-state index is 13.0. The number of benzene rings is 1. The Hall–Kier alpha value is -1.24. The fourth-order valence-corrected chi connectivity index (χ4v) is 1.78. The van der Waals surface area contributed by atoms with Crippen molar-refractivity contribution in [2.45, 2.75) is 5.97 Å². The summed E-state index contributed by atoms with van der Waals surface area (Å²) in [5.74, 6) is -2.23. The van der Waals surface area contributed by atoms with Gasteiger partial charge < -0.3 is 10.4 Å². The van der Waals surface area contributed by atoms with Crippen LogP contribution in [0.4, 0.5) is 4.39 Å². The summed E-state index contributed by atoms with van der Waals surface area (Å²) < 4.78 is 13.6. The molecular formula is C10H9BrFN3O. The third kappa shape index (κ3) is 2.29. The summed E-state index contributed by atoms with van der Waals surface area (Å²) in [5, 5.41) is 12.1. The summed E-state index contributed by atoms with van der Waals surface area (Å²) in [6, 6.07) is 5.94. The second kappa shape index (κ2) is 3.97. The van der Waals surface area contributed by atoms with Gasteiger partial charge in [-0.1, -0.05) is 12.1 Å². The van der Waals surface area contributed by atoms with E-state index in [4.69, 9.17) is 5.73 Å². The van der Waals surface area contributed by atoms with Crippen LogP contribution < -0.4 is 11.1 Å².